The molecule has 0 aliphatic carbocycles. The summed E-state index contributed by atoms with van der Waals surface area (Å²) in [6.07, 6.45) is -3.04. The summed E-state index contributed by atoms with van der Waals surface area (Å²) in [6, 6.07) is 12.1. The molecule has 0 saturated carbocycles. The molecule has 5 rings (SSSR count). The summed E-state index contributed by atoms with van der Waals surface area (Å²) in [5, 5.41) is 3.09. The average molecular weight is 439 g/mol. The van der Waals surface area contributed by atoms with E-state index in [0.717, 1.165) is 41.7 Å². The summed E-state index contributed by atoms with van der Waals surface area (Å²) >= 11 is 0. The normalized spacial score (nSPS) is 18.9. The molecule has 164 valence electrons. The molecule has 3 heterocycles. The van der Waals surface area contributed by atoms with Gasteiger partial charge in [0.15, 0.2) is 0 Å². The number of aromatic nitrogens is 1. The van der Waals surface area contributed by atoms with Gasteiger partial charge in [-0.1, -0.05) is 30.3 Å². The number of para-hydroxylation sites is 1. The van der Waals surface area contributed by atoms with Gasteiger partial charge in [0.1, 0.15) is 0 Å². The number of hydrogen-bond acceptors (Lipinski definition) is 3. The maximum Gasteiger partial charge on any atom is 0.416 e. The fourth-order valence-electron chi connectivity index (χ4n) is 4.81. The minimum atomic E-state index is -4.56. The Balaban J connectivity index is 1.81. The summed E-state index contributed by atoms with van der Waals surface area (Å²) in [6.45, 7) is 1.21. The van der Waals surface area contributed by atoms with E-state index in [0.29, 0.717) is 18.5 Å². The Morgan fingerprint density at radius 2 is 1.78 bits per heavy atom. The lowest BCUT2D eigenvalue weighted by atomic mass is 9.89. The number of imide groups is 1. The van der Waals surface area contributed by atoms with E-state index in [1.54, 1.807) is 0 Å². The Morgan fingerprint density at radius 3 is 2.53 bits per heavy atom. The van der Waals surface area contributed by atoms with E-state index in [-0.39, 0.29) is 22.6 Å². The molecule has 2 aromatic carbocycles. The molecule has 8 heteroatoms. The first-order valence-corrected chi connectivity index (χ1v) is 10.4. The van der Waals surface area contributed by atoms with Crippen molar-refractivity contribution in [2.24, 2.45) is 11.7 Å². The highest BCUT2D eigenvalue weighted by molar-refractivity contribution is 6.50. The number of halogens is 3. The predicted molar refractivity (Wildman–Crippen MR) is 114 cm³/mol. The van der Waals surface area contributed by atoms with Gasteiger partial charge in [-0.05, 0) is 49.1 Å². The van der Waals surface area contributed by atoms with Crippen molar-refractivity contribution < 1.29 is 22.8 Å². The number of nitrogens with one attached hydrogen (secondary N) is 1. The Kier molecular flexibility index (Phi) is 4.70. The second-order valence-electron chi connectivity index (χ2n) is 8.20. The van der Waals surface area contributed by atoms with Crippen LogP contribution in [0, 0.1) is 5.92 Å². The third-order valence-corrected chi connectivity index (χ3v) is 6.31. The van der Waals surface area contributed by atoms with Crippen molar-refractivity contribution in [1.29, 1.82) is 0 Å². The van der Waals surface area contributed by atoms with Crippen molar-refractivity contribution in [3.8, 4) is 0 Å². The summed E-state index contributed by atoms with van der Waals surface area (Å²) < 4.78 is 42.1. The fraction of sp³-hybridized carbons (Fsp3) is 0.250. The van der Waals surface area contributed by atoms with Gasteiger partial charge in [-0.2, -0.15) is 13.2 Å². The number of aryl methyl sites for hydroxylation is 1. The zero-order valence-electron chi connectivity index (χ0n) is 17.0. The number of hydrogen-bond donors (Lipinski definition) is 2. The van der Waals surface area contributed by atoms with E-state index < -0.39 is 23.6 Å². The molecule has 0 fully saturated rings. The molecule has 3 N–H and O–H groups in total. The average Bonchev–Trinajstić information content (AvgIpc) is 3.25. The maximum atomic E-state index is 13.3. The van der Waals surface area contributed by atoms with Gasteiger partial charge >= 0.3 is 6.18 Å². The predicted octanol–water partition coefficient (Wildman–Crippen LogP) is 3.75. The fourth-order valence-corrected chi connectivity index (χ4v) is 4.81. The van der Waals surface area contributed by atoms with Crippen LogP contribution >= 0.6 is 0 Å². The first kappa shape index (κ1) is 20.5. The van der Waals surface area contributed by atoms with Gasteiger partial charge in [0.25, 0.3) is 11.8 Å². The third kappa shape index (κ3) is 3.14. The second-order valence-corrected chi connectivity index (χ2v) is 8.20. The van der Waals surface area contributed by atoms with Gasteiger partial charge in [0, 0.05) is 28.7 Å². The van der Waals surface area contributed by atoms with Gasteiger partial charge in [-0.3, -0.25) is 14.9 Å². The lowest BCUT2D eigenvalue weighted by Gasteiger charge is -2.25. The van der Waals surface area contributed by atoms with E-state index in [1.165, 1.54) is 12.1 Å². The van der Waals surface area contributed by atoms with Crippen molar-refractivity contribution >= 4 is 33.9 Å². The molecule has 0 radical (unpaired) electrons. The van der Waals surface area contributed by atoms with Gasteiger partial charge in [-0.25, -0.2) is 0 Å². The number of carbonyl (C=O) groups is 2. The molecule has 2 amide bonds. The first-order valence-electron chi connectivity index (χ1n) is 10.4. The van der Waals surface area contributed by atoms with Crippen molar-refractivity contribution in [3.05, 3.63) is 70.9 Å². The third-order valence-electron chi connectivity index (χ3n) is 6.31. The van der Waals surface area contributed by atoms with E-state index in [1.807, 2.05) is 24.3 Å². The molecule has 2 aliphatic rings. The SMILES string of the molecule is NCC1CCn2c(c(C3=C(c4cccc(C(F)(F)F)c4)C(=O)NC3=O)c3ccccc32)C1. The van der Waals surface area contributed by atoms with Crippen LogP contribution in [0.5, 0.6) is 0 Å². The number of nitrogens with two attached hydrogens (primary N) is 1. The van der Waals surface area contributed by atoms with Crippen molar-refractivity contribution in [2.45, 2.75) is 25.6 Å². The zero-order chi connectivity index (χ0) is 22.6. The smallest absolute Gasteiger partial charge is 0.344 e. The number of rotatable bonds is 3. The Bertz CT molecular complexity index is 1300. The van der Waals surface area contributed by atoms with Crippen molar-refractivity contribution in [1.82, 2.24) is 9.88 Å². The molecule has 1 unspecified atom stereocenters. The molecule has 2 aliphatic heterocycles. The van der Waals surface area contributed by atoms with Crippen LogP contribution in [0.15, 0.2) is 48.5 Å². The van der Waals surface area contributed by atoms with Crippen molar-refractivity contribution in [2.75, 3.05) is 6.54 Å². The molecule has 1 aromatic heterocycles. The van der Waals surface area contributed by atoms with Gasteiger partial charge in [-0.15, -0.1) is 0 Å². The molecular formula is C24H20F3N3O2. The highest BCUT2D eigenvalue weighted by Gasteiger charge is 2.38. The summed E-state index contributed by atoms with van der Waals surface area (Å²) in [7, 11) is 0. The van der Waals surface area contributed by atoms with E-state index >= 15 is 0 Å². The molecule has 0 saturated heterocycles. The minimum absolute atomic E-state index is 0.0323. The van der Waals surface area contributed by atoms with Gasteiger partial charge < -0.3 is 10.3 Å². The van der Waals surface area contributed by atoms with Crippen LogP contribution in [0.25, 0.3) is 22.0 Å². The van der Waals surface area contributed by atoms with Crippen LogP contribution in [-0.4, -0.2) is 22.9 Å². The number of alkyl halides is 3. The van der Waals surface area contributed by atoms with E-state index in [4.69, 9.17) is 5.73 Å². The van der Waals surface area contributed by atoms with E-state index in [2.05, 4.69) is 9.88 Å². The molecule has 3 aromatic rings. The molecule has 0 bridgehead atoms. The van der Waals surface area contributed by atoms with Crippen LogP contribution < -0.4 is 11.1 Å². The lowest BCUT2D eigenvalue weighted by molar-refractivity contribution is -0.137. The highest BCUT2D eigenvalue weighted by atomic mass is 19.4. The number of amides is 2. The monoisotopic (exact) mass is 439 g/mol. The van der Waals surface area contributed by atoms with E-state index in [9.17, 15) is 22.8 Å². The van der Waals surface area contributed by atoms with Crippen LogP contribution in [0.2, 0.25) is 0 Å². The standard InChI is InChI=1S/C24H20F3N3O2/c25-24(26,27)15-5-3-4-14(11-15)19-21(23(32)29-22(19)31)20-16-6-1-2-7-17(16)30-9-8-13(12-28)10-18(20)30/h1-7,11,13H,8-10,12,28H2,(H,29,31,32). The molecule has 0 spiro atoms. The van der Waals surface area contributed by atoms with Gasteiger partial charge in [0.05, 0.1) is 16.7 Å². The minimum Gasteiger partial charge on any atom is -0.344 e. The lowest BCUT2D eigenvalue weighted by Crippen LogP contribution is -2.26. The van der Waals surface area contributed by atoms with Gasteiger partial charge in [0.2, 0.25) is 0 Å². The number of benzene rings is 2. The number of carbonyl (C=O) groups excluding carboxylic acids is 2. The highest BCUT2D eigenvalue weighted by Crippen LogP contribution is 2.42. The summed E-state index contributed by atoms with van der Waals surface area (Å²) in [5.74, 6) is -1.07. The topological polar surface area (TPSA) is 77.1 Å². The maximum absolute atomic E-state index is 13.3. The summed E-state index contributed by atoms with van der Waals surface area (Å²) in [5.41, 5.74) is 7.62. The molecule has 1 atom stereocenters. The Morgan fingerprint density at radius 1 is 1.03 bits per heavy atom. The van der Waals surface area contributed by atoms with Crippen LogP contribution in [0.4, 0.5) is 13.2 Å². The molecule has 5 nitrogen and oxygen atoms in total. The second kappa shape index (κ2) is 7.34. The van der Waals surface area contributed by atoms with Crippen molar-refractivity contribution in [3.63, 3.8) is 0 Å². The Labute approximate surface area is 181 Å². The molecular weight excluding hydrogens is 419 g/mol. The Hall–Kier alpha value is -3.39. The largest absolute Gasteiger partial charge is 0.416 e. The number of fused-ring (bicyclic) bond motifs is 3. The quantitative estimate of drug-likeness (QED) is 0.611. The van der Waals surface area contributed by atoms with Crippen LogP contribution in [0.1, 0.15) is 28.8 Å². The van der Waals surface area contributed by atoms with Crippen LogP contribution in [0.3, 0.4) is 0 Å². The summed E-state index contributed by atoms with van der Waals surface area (Å²) in [4.78, 5) is 25.8. The number of nitrogens with zero attached hydrogens (tertiary/aromatic N) is 1. The molecule has 32 heavy (non-hydrogen) atoms. The van der Waals surface area contributed by atoms with Crippen LogP contribution in [-0.2, 0) is 28.7 Å². The zero-order valence-corrected chi connectivity index (χ0v) is 17.0. The first-order chi connectivity index (χ1) is 15.3.